The number of anilines is 1. The Morgan fingerprint density at radius 2 is 1.88 bits per heavy atom. The Morgan fingerprint density at radius 3 is 2.41 bits per heavy atom. The van der Waals surface area contributed by atoms with Gasteiger partial charge in [-0.15, -0.1) is 11.8 Å². The van der Waals surface area contributed by atoms with E-state index in [9.17, 15) is 14.7 Å². The van der Waals surface area contributed by atoms with Crippen molar-refractivity contribution in [3.05, 3.63) is 46.8 Å². The molecule has 2 atom stereocenters. The zero-order valence-electron chi connectivity index (χ0n) is 20.8. The maximum absolute atomic E-state index is 13.4. The van der Waals surface area contributed by atoms with Crippen LogP contribution in [0.15, 0.2) is 29.4 Å². The molecule has 0 aliphatic carbocycles. The summed E-state index contributed by atoms with van der Waals surface area (Å²) in [5.41, 5.74) is 8.13. The van der Waals surface area contributed by atoms with Crippen LogP contribution < -0.4 is 5.73 Å². The number of aliphatic hydroxyl groups excluding tert-OH is 1. The van der Waals surface area contributed by atoms with E-state index < -0.39 is 16.8 Å². The van der Waals surface area contributed by atoms with Gasteiger partial charge in [0.15, 0.2) is 11.0 Å². The van der Waals surface area contributed by atoms with Crippen LogP contribution in [0.4, 0.5) is 5.95 Å². The first-order chi connectivity index (χ1) is 15.9. The van der Waals surface area contributed by atoms with E-state index >= 15 is 0 Å². The van der Waals surface area contributed by atoms with Crippen molar-refractivity contribution in [3.8, 4) is 0 Å². The Bertz CT molecular complexity index is 1040. The number of nitrogens with two attached hydrogens (primary N) is 1. The number of hydrogen-bond donors (Lipinski definition) is 2. The number of rotatable bonds is 7. The molecule has 1 aliphatic heterocycles. The number of nitrogens with zero attached hydrogens (tertiary/aromatic N) is 2. The molecule has 1 fully saturated rings. The SMILES string of the molecule is Cc1cc(SC2C(=O)CC(CCc3cnc(N)nc3)(C(C)C)OC2=O)c(C(C)(C)C)cc1CO. The van der Waals surface area contributed by atoms with Crippen molar-refractivity contribution in [1.82, 2.24) is 9.97 Å². The van der Waals surface area contributed by atoms with Gasteiger partial charge in [-0.05, 0) is 59.4 Å². The summed E-state index contributed by atoms with van der Waals surface area (Å²) >= 11 is 1.26. The molecule has 3 rings (SSSR count). The summed E-state index contributed by atoms with van der Waals surface area (Å²) < 4.78 is 6.05. The molecule has 0 bridgehead atoms. The van der Waals surface area contributed by atoms with E-state index in [0.29, 0.717) is 12.8 Å². The smallest absolute Gasteiger partial charge is 0.327 e. The minimum absolute atomic E-state index is 0.0303. The molecule has 1 saturated heterocycles. The van der Waals surface area contributed by atoms with Crippen molar-refractivity contribution in [2.24, 2.45) is 5.92 Å². The number of aromatic nitrogens is 2. The quantitative estimate of drug-likeness (QED) is 0.444. The Balaban J connectivity index is 1.84. The summed E-state index contributed by atoms with van der Waals surface area (Å²) in [4.78, 5) is 35.5. The number of ether oxygens (including phenoxy) is 1. The van der Waals surface area contributed by atoms with Crippen LogP contribution in [0.3, 0.4) is 0 Å². The summed E-state index contributed by atoms with van der Waals surface area (Å²) in [7, 11) is 0. The average Bonchev–Trinajstić information content (AvgIpc) is 2.75. The number of ketones is 1. The van der Waals surface area contributed by atoms with Gasteiger partial charge in [-0.25, -0.2) is 9.97 Å². The fourth-order valence-corrected chi connectivity index (χ4v) is 5.58. The number of aliphatic hydroxyl groups is 1. The lowest BCUT2D eigenvalue weighted by atomic mass is 9.78. The maximum Gasteiger partial charge on any atom is 0.327 e. The topological polar surface area (TPSA) is 115 Å². The van der Waals surface area contributed by atoms with Gasteiger partial charge in [0.2, 0.25) is 5.95 Å². The summed E-state index contributed by atoms with van der Waals surface area (Å²) in [6.45, 7) is 12.1. The molecule has 2 aromatic rings. The van der Waals surface area contributed by atoms with Gasteiger partial charge < -0.3 is 15.6 Å². The number of cyclic esters (lactones) is 1. The van der Waals surface area contributed by atoms with Gasteiger partial charge in [0.25, 0.3) is 0 Å². The molecule has 184 valence electrons. The Hall–Kier alpha value is -2.45. The minimum atomic E-state index is -0.910. The fourth-order valence-electron chi connectivity index (χ4n) is 4.23. The number of carbonyl (C=O) groups excluding carboxylic acids is 2. The minimum Gasteiger partial charge on any atom is -0.457 e. The van der Waals surface area contributed by atoms with Crippen LogP contribution >= 0.6 is 11.8 Å². The van der Waals surface area contributed by atoms with Crippen LogP contribution in [0, 0.1) is 12.8 Å². The highest BCUT2D eigenvalue weighted by atomic mass is 32.2. The molecule has 0 radical (unpaired) electrons. The highest BCUT2D eigenvalue weighted by Gasteiger charge is 2.49. The zero-order valence-corrected chi connectivity index (χ0v) is 21.7. The van der Waals surface area contributed by atoms with E-state index in [-0.39, 0.29) is 36.1 Å². The van der Waals surface area contributed by atoms with E-state index in [1.807, 2.05) is 32.9 Å². The number of benzene rings is 1. The molecule has 0 amide bonds. The normalized spacial score (nSPS) is 21.1. The predicted molar refractivity (Wildman–Crippen MR) is 133 cm³/mol. The fraction of sp³-hybridized carbons (Fsp3) is 0.538. The summed E-state index contributed by atoms with van der Waals surface area (Å²) in [6.07, 6.45) is 4.57. The third-order valence-electron chi connectivity index (χ3n) is 6.56. The Morgan fingerprint density at radius 1 is 1.24 bits per heavy atom. The van der Waals surface area contributed by atoms with Gasteiger partial charge in [-0.3, -0.25) is 9.59 Å². The van der Waals surface area contributed by atoms with E-state index in [1.54, 1.807) is 12.4 Å². The van der Waals surface area contributed by atoms with Crippen molar-refractivity contribution in [1.29, 1.82) is 0 Å². The molecular formula is C26H35N3O4S. The first-order valence-corrected chi connectivity index (χ1v) is 12.5. The standard InChI is InChI=1S/C26H35N3O4S/c1-15(2)26(8-7-17-12-28-24(27)29-13-17)11-20(31)22(23(32)33-26)34-21-9-16(3)18(14-30)10-19(21)25(4,5)6/h9-10,12-13,15,22,30H,7-8,11,14H2,1-6H3,(H2,27,28,29). The highest BCUT2D eigenvalue weighted by Crippen LogP contribution is 2.42. The van der Waals surface area contributed by atoms with E-state index in [1.165, 1.54) is 11.8 Å². The lowest BCUT2D eigenvalue weighted by Gasteiger charge is -2.41. The summed E-state index contributed by atoms with van der Waals surface area (Å²) in [5.74, 6) is -0.435. The molecule has 3 N–H and O–H groups in total. The number of aryl methyl sites for hydroxylation is 2. The van der Waals surface area contributed by atoms with Gasteiger partial charge in [0, 0.05) is 23.7 Å². The third-order valence-corrected chi connectivity index (χ3v) is 7.84. The second kappa shape index (κ2) is 10.0. The van der Waals surface area contributed by atoms with Crippen molar-refractivity contribution in [2.75, 3.05) is 5.73 Å². The van der Waals surface area contributed by atoms with Crippen molar-refractivity contribution < 1.29 is 19.4 Å². The predicted octanol–water partition coefficient (Wildman–Crippen LogP) is 4.16. The van der Waals surface area contributed by atoms with E-state index in [4.69, 9.17) is 10.5 Å². The zero-order chi connectivity index (χ0) is 25.3. The molecular weight excluding hydrogens is 450 g/mol. The number of hydrogen-bond acceptors (Lipinski definition) is 8. The molecule has 8 heteroatoms. The maximum atomic E-state index is 13.4. The number of nitrogen functional groups attached to an aromatic ring is 1. The molecule has 2 unspecified atom stereocenters. The van der Waals surface area contributed by atoms with Crippen molar-refractivity contribution in [2.45, 2.75) is 88.6 Å². The van der Waals surface area contributed by atoms with E-state index in [2.05, 4.69) is 30.7 Å². The molecule has 1 aliphatic rings. The number of thioether (sulfide) groups is 1. The largest absolute Gasteiger partial charge is 0.457 e. The molecule has 0 spiro atoms. The monoisotopic (exact) mass is 485 g/mol. The highest BCUT2D eigenvalue weighted by molar-refractivity contribution is 8.01. The molecule has 0 saturated carbocycles. The van der Waals surface area contributed by atoms with Crippen LogP contribution in [0.2, 0.25) is 0 Å². The lowest BCUT2D eigenvalue weighted by molar-refractivity contribution is -0.176. The van der Waals surface area contributed by atoms with Gasteiger partial charge in [0.1, 0.15) is 5.60 Å². The average molecular weight is 486 g/mol. The van der Waals surface area contributed by atoms with Crippen LogP contribution in [-0.2, 0) is 32.8 Å². The number of Topliss-reactive ketones (excluding diaryl/α,β-unsaturated/α-hetero) is 1. The van der Waals surface area contributed by atoms with Crippen LogP contribution in [0.25, 0.3) is 0 Å². The summed E-state index contributed by atoms with van der Waals surface area (Å²) in [6, 6.07) is 3.94. The second-order valence-electron chi connectivity index (χ2n) is 10.4. The van der Waals surface area contributed by atoms with Crippen molar-refractivity contribution >= 4 is 29.5 Å². The molecule has 7 nitrogen and oxygen atoms in total. The lowest BCUT2D eigenvalue weighted by Crippen LogP contribution is -2.52. The number of esters is 1. The van der Waals surface area contributed by atoms with E-state index in [0.717, 1.165) is 27.1 Å². The van der Waals surface area contributed by atoms with Crippen LogP contribution in [0.5, 0.6) is 0 Å². The van der Waals surface area contributed by atoms with Gasteiger partial charge in [-0.1, -0.05) is 40.7 Å². The molecule has 1 aromatic carbocycles. The Labute approximate surface area is 205 Å². The molecule has 34 heavy (non-hydrogen) atoms. The third kappa shape index (κ3) is 5.61. The molecule has 2 heterocycles. The first-order valence-electron chi connectivity index (χ1n) is 11.6. The second-order valence-corrected chi connectivity index (χ2v) is 11.6. The van der Waals surface area contributed by atoms with Crippen LogP contribution in [0.1, 0.15) is 69.7 Å². The van der Waals surface area contributed by atoms with Crippen molar-refractivity contribution in [3.63, 3.8) is 0 Å². The van der Waals surface area contributed by atoms with Gasteiger partial charge in [0.05, 0.1) is 6.61 Å². The first kappa shape index (κ1) is 26.2. The summed E-state index contributed by atoms with van der Waals surface area (Å²) in [5, 5.41) is 8.80. The van der Waals surface area contributed by atoms with Crippen LogP contribution in [-0.4, -0.2) is 37.7 Å². The van der Waals surface area contributed by atoms with Gasteiger partial charge in [-0.2, -0.15) is 0 Å². The molecule has 1 aromatic heterocycles. The number of carbonyl (C=O) groups is 2. The van der Waals surface area contributed by atoms with Gasteiger partial charge >= 0.3 is 5.97 Å². The Kier molecular flexibility index (Phi) is 7.72.